The van der Waals surface area contributed by atoms with Gasteiger partial charge in [-0.1, -0.05) is 37.3 Å². The summed E-state index contributed by atoms with van der Waals surface area (Å²) < 4.78 is 16.4. The monoisotopic (exact) mass is 418 g/mol. The molecule has 3 aromatic carbocycles. The summed E-state index contributed by atoms with van der Waals surface area (Å²) in [6, 6.07) is 23.0. The summed E-state index contributed by atoms with van der Waals surface area (Å²) in [7, 11) is 0. The summed E-state index contributed by atoms with van der Waals surface area (Å²) in [6.45, 7) is 4.34. The number of carbonyl (C=O) groups excluding carboxylic acids is 2. The molecule has 0 heterocycles. The highest BCUT2D eigenvalue weighted by atomic mass is 16.5. The fourth-order valence-corrected chi connectivity index (χ4v) is 2.80. The van der Waals surface area contributed by atoms with Crippen molar-refractivity contribution in [3.63, 3.8) is 0 Å². The van der Waals surface area contributed by atoms with Crippen LogP contribution >= 0.6 is 0 Å². The van der Waals surface area contributed by atoms with Gasteiger partial charge in [0.25, 0.3) is 0 Å². The van der Waals surface area contributed by atoms with E-state index in [9.17, 15) is 9.59 Å². The standard InChI is InChI=1S/C26H26O5/c1-3-19(2)30-23-13-11-22(12-14-23)26(28)31-24-15-9-21(10-16-24)25(27)29-18-17-20-7-5-4-6-8-20/h4-16,19H,3,17-18H2,1-2H3. The number of esters is 2. The molecule has 1 atom stereocenters. The zero-order chi connectivity index (χ0) is 22.1. The number of rotatable bonds is 9. The van der Waals surface area contributed by atoms with Gasteiger partial charge >= 0.3 is 11.9 Å². The molecular weight excluding hydrogens is 392 g/mol. The van der Waals surface area contributed by atoms with E-state index in [2.05, 4.69) is 0 Å². The van der Waals surface area contributed by atoms with Gasteiger partial charge in [-0.15, -0.1) is 0 Å². The van der Waals surface area contributed by atoms with Crippen LogP contribution in [0.25, 0.3) is 0 Å². The van der Waals surface area contributed by atoms with Gasteiger partial charge in [0.1, 0.15) is 11.5 Å². The number of ether oxygens (including phenoxy) is 3. The maximum Gasteiger partial charge on any atom is 0.343 e. The van der Waals surface area contributed by atoms with Gasteiger partial charge in [-0.2, -0.15) is 0 Å². The Bertz CT molecular complexity index is 979. The van der Waals surface area contributed by atoms with Crippen molar-refractivity contribution in [2.75, 3.05) is 6.61 Å². The van der Waals surface area contributed by atoms with Crippen LogP contribution in [0.5, 0.6) is 11.5 Å². The summed E-state index contributed by atoms with van der Waals surface area (Å²) in [6.07, 6.45) is 1.67. The average Bonchev–Trinajstić information content (AvgIpc) is 2.80. The van der Waals surface area contributed by atoms with Gasteiger partial charge in [0.2, 0.25) is 0 Å². The molecule has 31 heavy (non-hydrogen) atoms. The molecule has 0 aliphatic carbocycles. The van der Waals surface area contributed by atoms with Crippen molar-refractivity contribution in [1.82, 2.24) is 0 Å². The van der Waals surface area contributed by atoms with Gasteiger partial charge in [0, 0.05) is 6.42 Å². The van der Waals surface area contributed by atoms with E-state index in [4.69, 9.17) is 14.2 Å². The fraction of sp³-hybridized carbons (Fsp3) is 0.231. The first-order valence-corrected chi connectivity index (χ1v) is 10.3. The number of carbonyl (C=O) groups is 2. The molecule has 0 saturated carbocycles. The highest BCUT2D eigenvalue weighted by Gasteiger charge is 2.12. The molecule has 0 bridgehead atoms. The van der Waals surface area contributed by atoms with Gasteiger partial charge in [-0.05, 0) is 67.4 Å². The van der Waals surface area contributed by atoms with Crippen molar-refractivity contribution in [2.24, 2.45) is 0 Å². The molecule has 0 fully saturated rings. The van der Waals surface area contributed by atoms with Crippen molar-refractivity contribution in [3.05, 3.63) is 95.6 Å². The Hall–Kier alpha value is -3.60. The summed E-state index contributed by atoms with van der Waals surface area (Å²) >= 11 is 0. The lowest BCUT2D eigenvalue weighted by atomic mass is 10.2. The van der Waals surface area contributed by atoms with Gasteiger partial charge in [0.05, 0.1) is 23.8 Å². The van der Waals surface area contributed by atoms with Crippen LogP contribution in [0.15, 0.2) is 78.9 Å². The van der Waals surface area contributed by atoms with Crippen LogP contribution < -0.4 is 9.47 Å². The van der Waals surface area contributed by atoms with Crippen LogP contribution in [0.2, 0.25) is 0 Å². The van der Waals surface area contributed by atoms with E-state index in [0.717, 1.165) is 12.0 Å². The molecular formula is C26H26O5. The lowest BCUT2D eigenvalue weighted by Crippen LogP contribution is -2.11. The summed E-state index contributed by atoms with van der Waals surface area (Å²) in [5.74, 6) is 0.172. The van der Waals surface area contributed by atoms with Gasteiger partial charge in [-0.25, -0.2) is 9.59 Å². The van der Waals surface area contributed by atoms with Crippen LogP contribution in [0, 0.1) is 0 Å². The van der Waals surface area contributed by atoms with Crippen molar-refractivity contribution in [1.29, 1.82) is 0 Å². The molecule has 3 rings (SSSR count). The first-order chi connectivity index (χ1) is 15.0. The second kappa shape index (κ2) is 11.0. The minimum absolute atomic E-state index is 0.112. The van der Waals surface area contributed by atoms with E-state index in [0.29, 0.717) is 35.7 Å². The van der Waals surface area contributed by atoms with E-state index >= 15 is 0 Å². The third-order valence-electron chi connectivity index (χ3n) is 4.77. The Morgan fingerprint density at radius 3 is 1.97 bits per heavy atom. The lowest BCUT2D eigenvalue weighted by molar-refractivity contribution is 0.0509. The lowest BCUT2D eigenvalue weighted by Gasteiger charge is -2.12. The summed E-state index contributed by atoms with van der Waals surface area (Å²) in [5.41, 5.74) is 1.93. The Balaban J connectivity index is 1.50. The number of hydrogen-bond donors (Lipinski definition) is 0. The third kappa shape index (κ3) is 6.71. The molecule has 160 valence electrons. The average molecular weight is 418 g/mol. The largest absolute Gasteiger partial charge is 0.491 e. The van der Waals surface area contributed by atoms with Crippen LogP contribution in [0.3, 0.4) is 0 Å². The molecule has 3 aromatic rings. The molecule has 1 unspecified atom stereocenters. The third-order valence-corrected chi connectivity index (χ3v) is 4.77. The second-order valence-electron chi connectivity index (χ2n) is 7.15. The molecule has 0 aromatic heterocycles. The molecule has 0 saturated heterocycles. The summed E-state index contributed by atoms with van der Waals surface area (Å²) in [5, 5.41) is 0. The highest BCUT2D eigenvalue weighted by molar-refractivity contribution is 5.92. The first-order valence-electron chi connectivity index (χ1n) is 10.3. The molecule has 5 nitrogen and oxygen atoms in total. The summed E-state index contributed by atoms with van der Waals surface area (Å²) in [4.78, 5) is 24.5. The smallest absolute Gasteiger partial charge is 0.343 e. The topological polar surface area (TPSA) is 61.8 Å². The molecule has 0 spiro atoms. The maximum atomic E-state index is 12.3. The van der Waals surface area contributed by atoms with Gasteiger partial charge in [0.15, 0.2) is 0 Å². The molecule has 0 aliphatic heterocycles. The number of hydrogen-bond acceptors (Lipinski definition) is 5. The molecule has 0 radical (unpaired) electrons. The number of benzene rings is 3. The first kappa shape index (κ1) is 22.1. The minimum atomic E-state index is -0.478. The molecule has 0 amide bonds. The molecule has 0 N–H and O–H groups in total. The quantitative estimate of drug-likeness (QED) is 0.340. The fourth-order valence-electron chi connectivity index (χ4n) is 2.80. The predicted octanol–water partition coefficient (Wildman–Crippen LogP) is 5.48. The van der Waals surface area contributed by atoms with Crippen LogP contribution in [-0.4, -0.2) is 24.6 Å². The van der Waals surface area contributed by atoms with E-state index in [1.54, 1.807) is 48.5 Å². The van der Waals surface area contributed by atoms with Gasteiger partial charge < -0.3 is 14.2 Å². The molecule has 0 aliphatic rings. The highest BCUT2D eigenvalue weighted by Crippen LogP contribution is 2.18. The van der Waals surface area contributed by atoms with Gasteiger partial charge in [-0.3, -0.25) is 0 Å². The van der Waals surface area contributed by atoms with E-state index < -0.39 is 11.9 Å². The van der Waals surface area contributed by atoms with E-state index in [1.807, 2.05) is 44.2 Å². The Morgan fingerprint density at radius 1 is 0.774 bits per heavy atom. The van der Waals surface area contributed by atoms with Crippen LogP contribution in [-0.2, 0) is 11.2 Å². The normalized spacial score (nSPS) is 11.4. The van der Waals surface area contributed by atoms with Crippen LogP contribution in [0.4, 0.5) is 0 Å². The molecule has 5 heteroatoms. The van der Waals surface area contributed by atoms with E-state index in [-0.39, 0.29) is 6.10 Å². The second-order valence-corrected chi connectivity index (χ2v) is 7.15. The van der Waals surface area contributed by atoms with Crippen molar-refractivity contribution in [2.45, 2.75) is 32.8 Å². The predicted molar refractivity (Wildman–Crippen MR) is 119 cm³/mol. The Kier molecular flexibility index (Phi) is 7.82. The maximum absolute atomic E-state index is 12.3. The Morgan fingerprint density at radius 2 is 1.35 bits per heavy atom. The minimum Gasteiger partial charge on any atom is -0.491 e. The van der Waals surface area contributed by atoms with Crippen molar-refractivity contribution < 1.29 is 23.8 Å². The van der Waals surface area contributed by atoms with Crippen molar-refractivity contribution >= 4 is 11.9 Å². The SMILES string of the molecule is CCC(C)Oc1ccc(C(=O)Oc2ccc(C(=O)OCCc3ccccc3)cc2)cc1. The van der Waals surface area contributed by atoms with Crippen molar-refractivity contribution in [3.8, 4) is 11.5 Å². The zero-order valence-electron chi connectivity index (χ0n) is 17.7. The Labute approximate surface area is 182 Å². The van der Waals surface area contributed by atoms with E-state index in [1.165, 1.54) is 0 Å². The zero-order valence-corrected chi connectivity index (χ0v) is 17.7. The van der Waals surface area contributed by atoms with Crippen LogP contribution in [0.1, 0.15) is 46.5 Å².